The van der Waals surface area contributed by atoms with Crippen LogP contribution in [-0.2, 0) is 14.3 Å². The van der Waals surface area contributed by atoms with Gasteiger partial charge < -0.3 is 24.8 Å². The van der Waals surface area contributed by atoms with Crippen molar-refractivity contribution < 1.29 is 29.6 Å². The van der Waals surface area contributed by atoms with Crippen LogP contribution < -0.4 is 0 Å². The van der Waals surface area contributed by atoms with E-state index in [0.717, 1.165) is 19.3 Å². The van der Waals surface area contributed by atoms with Crippen LogP contribution in [0.3, 0.4) is 0 Å². The Kier molecular flexibility index (Phi) is 3.67. The monoisotopic (exact) mass is 392 g/mol. The highest BCUT2D eigenvalue weighted by atomic mass is 16.6. The van der Waals surface area contributed by atoms with Crippen LogP contribution in [0.2, 0.25) is 0 Å². The predicted octanol–water partition coefficient (Wildman–Crippen LogP) is 1.77. The first-order valence-corrected chi connectivity index (χ1v) is 10.6. The van der Waals surface area contributed by atoms with E-state index in [1.165, 1.54) is 6.92 Å². The van der Waals surface area contributed by atoms with Gasteiger partial charge in [-0.15, -0.1) is 0 Å². The molecule has 0 aromatic carbocycles. The van der Waals surface area contributed by atoms with Gasteiger partial charge in [-0.05, 0) is 42.6 Å². The van der Waals surface area contributed by atoms with Gasteiger partial charge in [-0.25, -0.2) is 0 Å². The summed E-state index contributed by atoms with van der Waals surface area (Å²) in [5, 5.41) is 34.7. The Hall–Kier alpha value is -0.950. The van der Waals surface area contributed by atoms with Gasteiger partial charge >= 0.3 is 5.97 Å². The molecule has 3 N–H and O–H groups in total. The van der Waals surface area contributed by atoms with Crippen molar-refractivity contribution in [1.82, 2.24) is 0 Å². The van der Waals surface area contributed by atoms with Gasteiger partial charge in [-0.2, -0.15) is 0 Å². The molecule has 0 radical (unpaired) electrons. The largest absolute Gasteiger partial charge is 0.462 e. The molecule has 2 heterocycles. The van der Waals surface area contributed by atoms with E-state index in [4.69, 9.17) is 9.47 Å². The topological polar surface area (TPSA) is 96.2 Å². The zero-order valence-corrected chi connectivity index (χ0v) is 17.0. The minimum absolute atomic E-state index is 0.0544. The first-order valence-electron chi connectivity index (χ1n) is 10.6. The molecule has 2 aliphatic heterocycles. The van der Waals surface area contributed by atoms with E-state index >= 15 is 0 Å². The summed E-state index contributed by atoms with van der Waals surface area (Å²) in [4.78, 5) is 12.0. The molecule has 6 rings (SSSR count). The second kappa shape index (κ2) is 5.39. The third kappa shape index (κ3) is 1.87. The van der Waals surface area contributed by atoms with E-state index in [-0.39, 0.29) is 29.1 Å². The SMILES string of the molecule is C=C1[C@@H]2C[C@@H](OC(C)=O)[C@H]3[C@]45CCCC(C)(C)[C@H]4[C@H](O)[C@@](O)(OC5)[C@]3(C2)[C@@H]1O. The van der Waals surface area contributed by atoms with Crippen LogP contribution in [0.15, 0.2) is 12.2 Å². The van der Waals surface area contributed by atoms with Crippen molar-refractivity contribution in [2.75, 3.05) is 6.61 Å². The maximum atomic E-state index is 12.0. The molecule has 6 aliphatic rings. The summed E-state index contributed by atoms with van der Waals surface area (Å²) >= 11 is 0. The number of aliphatic hydroxyl groups excluding tert-OH is 2. The Morgan fingerprint density at radius 2 is 1.96 bits per heavy atom. The number of esters is 1. The minimum Gasteiger partial charge on any atom is -0.462 e. The molecular weight excluding hydrogens is 360 g/mol. The fourth-order valence-corrected chi connectivity index (χ4v) is 8.53. The van der Waals surface area contributed by atoms with Crippen molar-refractivity contribution in [3.63, 3.8) is 0 Å². The maximum absolute atomic E-state index is 12.0. The van der Waals surface area contributed by atoms with Gasteiger partial charge in [0.15, 0.2) is 0 Å². The van der Waals surface area contributed by atoms with E-state index in [9.17, 15) is 20.1 Å². The number of hydrogen-bond acceptors (Lipinski definition) is 6. The van der Waals surface area contributed by atoms with Crippen LogP contribution in [0.25, 0.3) is 0 Å². The molecule has 4 bridgehead atoms. The van der Waals surface area contributed by atoms with Gasteiger partial charge in [0.25, 0.3) is 0 Å². The molecule has 0 aromatic heterocycles. The lowest BCUT2D eigenvalue weighted by atomic mass is 9.36. The molecule has 6 heteroatoms. The molecule has 2 saturated heterocycles. The molecule has 2 spiro atoms. The fraction of sp³-hybridized carbons (Fsp3) is 0.864. The number of ether oxygens (including phenoxy) is 2. The normalized spacial score (nSPS) is 56.1. The summed E-state index contributed by atoms with van der Waals surface area (Å²) in [6.07, 6.45) is 1.42. The molecule has 0 unspecified atom stereocenters. The molecule has 0 aromatic rings. The average Bonchev–Trinajstić information content (AvgIpc) is 2.78. The summed E-state index contributed by atoms with van der Waals surface area (Å²) in [7, 11) is 0. The van der Waals surface area contributed by atoms with E-state index in [1.54, 1.807) is 0 Å². The number of carbonyl (C=O) groups is 1. The summed E-state index contributed by atoms with van der Waals surface area (Å²) < 4.78 is 11.9. The predicted molar refractivity (Wildman–Crippen MR) is 99.8 cm³/mol. The molecule has 4 saturated carbocycles. The lowest BCUT2D eigenvalue weighted by Crippen LogP contribution is -2.83. The molecule has 156 valence electrons. The zero-order valence-electron chi connectivity index (χ0n) is 17.0. The lowest BCUT2D eigenvalue weighted by molar-refractivity contribution is -0.463. The molecule has 6 fully saturated rings. The van der Waals surface area contributed by atoms with E-state index < -0.39 is 34.9 Å². The first-order chi connectivity index (χ1) is 13.0. The van der Waals surface area contributed by atoms with E-state index in [2.05, 4.69) is 20.4 Å². The Morgan fingerprint density at radius 1 is 1.25 bits per heavy atom. The van der Waals surface area contributed by atoms with E-state index in [0.29, 0.717) is 25.0 Å². The second-order valence-electron chi connectivity index (χ2n) is 10.8. The van der Waals surface area contributed by atoms with Crippen LogP contribution in [-0.4, -0.2) is 52.0 Å². The van der Waals surface area contributed by atoms with Gasteiger partial charge in [-0.1, -0.05) is 26.8 Å². The van der Waals surface area contributed by atoms with Crippen LogP contribution >= 0.6 is 0 Å². The first kappa shape index (κ1) is 19.0. The molecule has 9 atom stereocenters. The number of carbonyl (C=O) groups excluding carboxylic acids is 1. The standard InChI is InChI=1S/C22H32O6/c1-11-13-8-14(28-12(2)23)15-20-7-5-6-19(3,4)16(20)18(25)22(26,27-10-20)21(15,9-13)17(11)24/h13-18,24-26H,1,5-10H2,2-4H3/t13-,14-,15+,16-,17-,18+,20-,21+,22-/m1/s1. The Labute approximate surface area is 165 Å². The summed E-state index contributed by atoms with van der Waals surface area (Å²) in [6, 6.07) is 0. The molecule has 28 heavy (non-hydrogen) atoms. The number of hydrogen-bond donors (Lipinski definition) is 3. The fourth-order valence-electron chi connectivity index (χ4n) is 8.53. The van der Waals surface area contributed by atoms with Gasteiger partial charge in [0.2, 0.25) is 5.79 Å². The summed E-state index contributed by atoms with van der Waals surface area (Å²) in [5.41, 5.74) is -1.05. The third-order valence-corrected chi connectivity index (χ3v) is 9.20. The molecule has 4 aliphatic carbocycles. The summed E-state index contributed by atoms with van der Waals surface area (Å²) in [5.74, 6) is -2.71. The number of fused-ring (bicyclic) bond motifs is 2. The minimum atomic E-state index is -1.87. The van der Waals surface area contributed by atoms with Gasteiger partial charge in [-0.3, -0.25) is 4.79 Å². The van der Waals surface area contributed by atoms with Crippen molar-refractivity contribution in [2.45, 2.75) is 77.0 Å². The van der Waals surface area contributed by atoms with Gasteiger partial charge in [0.1, 0.15) is 12.2 Å². The van der Waals surface area contributed by atoms with Gasteiger partial charge in [0, 0.05) is 24.2 Å². The van der Waals surface area contributed by atoms with Crippen LogP contribution in [0, 0.1) is 34.0 Å². The highest BCUT2D eigenvalue weighted by Gasteiger charge is 2.84. The number of rotatable bonds is 1. The highest BCUT2D eigenvalue weighted by molar-refractivity contribution is 5.66. The lowest BCUT2D eigenvalue weighted by Gasteiger charge is -2.75. The van der Waals surface area contributed by atoms with Crippen LogP contribution in [0.4, 0.5) is 0 Å². The molecule has 6 nitrogen and oxygen atoms in total. The van der Waals surface area contributed by atoms with Crippen molar-refractivity contribution in [1.29, 1.82) is 0 Å². The Balaban J connectivity index is 1.76. The summed E-state index contributed by atoms with van der Waals surface area (Å²) in [6.45, 7) is 10.1. The maximum Gasteiger partial charge on any atom is 0.302 e. The average molecular weight is 392 g/mol. The van der Waals surface area contributed by atoms with Crippen molar-refractivity contribution >= 4 is 5.97 Å². The Morgan fingerprint density at radius 3 is 2.64 bits per heavy atom. The van der Waals surface area contributed by atoms with Gasteiger partial charge in [0.05, 0.1) is 18.1 Å². The number of aliphatic hydroxyl groups is 3. The highest BCUT2D eigenvalue weighted by Crippen LogP contribution is 2.77. The molecular formula is C22H32O6. The van der Waals surface area contributed by atoms with Crippen LogP contribution in [0.1, 0.15) is 52.9 Å². The van der Waals surface area contributed by atoms with Crippen molar-refractivity contribution in [3.05, 3.63) is 12.2 Å². The third-order valence-electron chi connectivity index (χ3n) is 9.20. The van der Waals surface area contributed by atoms with Crippen LogP contribution in [0.5, 0.6) is 0 Å². The quantitative estimate of drug-likeness (QED) is 0.465. The van der Waals surface area contributed by atoms with Crippen molar-refractivity contribution in [3.8, 4) is 0 Å². The zero-order chi connectivity index (χ0) is 20.3. The Bertz CT molecular complexity index is 747. The smallest absolute Gasteiger partial charge is 0.302 e. The molecule has 0 amide bonds. The van der Waals surface area contributed by atoms with Crippen molar-refractivity contribution in [2.24, 2.45) is 34.0 Å². The van der Waals surface area contributed by atoms with E-state index in [1.807, 2.05) is 0 Å². The second-order valence-corrected chi connectivity index (χ2v) is 10.8.